The first kappa shape index (κ1) is 14.9. The second-order valence-electron chi connectivity index (χ2n) is 5.83. The molecule has 1 aromatic rings. The molecule has 0 bridgehead atoms. The third kappa shape index (κ3) is 2.69. The van der Waals surface area contributed by atoms with E-state index in [1.54, 1.807) is 6.07 Å². The number of halogens is 1. The fourth-order valence-corrected chi connectivity index (χ4v) is 4.36. The Bertz CT molecular complexity index is 662. The van der Waals surface area contributed by atoms with Gasteiger partial charge in [0, 0.05) is 13.1 Å². The minimum Gasteiger partial charge on any atom is -0.207 e. The SMILES string of the molecule is CC1(C)CCCN(S(=O)(=O)c2cccc(F)c2C#N)C1. The van der Waals surface area contributed by atoms with Crippen LogP contribution in [0.25, 0.3) is 0 Å². The van der Waals surface area contributed by atoms with Gasteiger partial charge in [-0.1, -0.05) is 19.9 Å². The third-order valence-corrected chi connectivity index (χ3v) is 5.46. The number of hydrogen-bond donors (Lipinski definition) is 0. The van der Waals surface area contributed by atoms with Crippen molar-refractivity contribution >= 4 is 10.0 Å². The largest absolute Gasteiger partial charge is 0.244 e. The number of hydrogen-bond acceptors (Lipinski definition) is 3. The van der Waals surface area contributed by atoms with Gasteiger partial charge in [0.15, 0.2) is 0 Å². The number of nitrogens with zero attached hydrogens (tertiary/aromatic N) is 2. The zero-order chi connectivity index (χ0) is 15.0. The molecule has 20 heavy (non-hydrogen) atoms. The molecule has 1 saturated heterocycles. The van der Waals surface area contributed by atoms with Crippen LogP contribution >= 0.6 is 0 Å². The quantitative estimate of drug-likeness (QED) is 0.842. The normalized spacial score (nSPS) is 19.5. The van der Waals surface area contributed by atoms with Crippen LogP contribution < -0.4 is 0 Å². The van der Waals surface area contributed by atoms with Crippen molar-refractivity contribution in [1.82, 2.24) is 4.31 Å². The molecule has 1 heterocycles. The predicted octanol–water partition coefficient (Wildman–Crippen LogP) is 2.51. The van der Waals surface area contributed by atoms with Crippen LogP contribution in [0.3, 0.4) is 0 Å². The Morgan fingerprint density at radius 2 is 2.10 bits per heavy atom. The van der Waals surface area contributed by atoms with E-state index < -0.39 is 21.4 Å². The molecule has 0 unspecified atom stereocenters. The maximum Gasteiger partial charge on any atom is 0.244 e. The fraction of sp³-hybridized carbons (Fsp3) is 0.500. The van der Waals surface area contributed by atoms with E-state index in [1.807, 2.05) is 13.8 Å². The Morgan fingerprint density at radius 1 is 1.40 bits per heavy atom. The molecule has 0 amide bonds. The summed E-state index contributed by atoms with van der Waals surface area (Å²) < 4.78 is 40.2. The molecule has 0 spiro atoms. The summed E-state index contributed by atoms with van der Waals surface area (Å²) in [7, 11) is -3.83. The molecule has 4 nitrogen and oxygen atoms in total. The van der Waals surface area contributed by atoms with Crippen molar-refractivity contribution in [2.24, 2.45) is 5.41 Å². The Kier molecular flexibility index (Phi) is 3.85. The summed E-state index contributed by atoms with van der Waals surface area (Å²) in [5.74, 6) is -0.801. The summed E-state index contributed by atoms with van der Waals surface area (Å²) in [4.78, 5) is -0.238. The molecule has 1 aliphatic heterocycles. The van der Waals surface area contributed by atoms with Crippen LogP contribution in [-0.4, -0.2) is 25.8 Å². The van der Waals surface area contributed by atoms with Crippen LogP contribution in [-0.2, 0) is 10.0 Å². The van der Waals surface area contributed by atoms with Crippen molar-refractivity contribution in [2.75, 3.05) is 13.1 Å². The molecule has 2 rings (SSSR count). The zero-order valence-corrected chi connectivity index (χ0v) is 12.4. The van der Waals surface area contributed by atoms with Gasteiger partial charge in [0.2, 0.25) is 10.0 Å². The number of rotatable bonds is 2. The highest BCUT2D eigenvalue weighted by Crippen LogP contribution is 2.32. The van der Waals surface area contributed by atoms with Gasteiger partial charge in [-0.25, -0.2) is 12.8 Å². The van der Waals surface area contributed by atoms with E-state index in [2.05, 4.69) is 0 Å². The summed E-state index contributed by atoms with van der Waals surface area (Å²) in [6.45, 7) is 4.81. The number of sulfonamides is 1. The standard InChI is InChI=1S/C14H17FN2O2S/c1-14(2)7-4-8-17(10-14)20(18,19)13-6-3-5-12(15)11(13)9-16/h3,5-6H,4,7-8,10H2,1-2H3. The summed E-state index contributed by atoms with van der Waals surface area (Å²) >= 11 is 0. The highest BCUT2D eigenvalue weighted by molar-refractivity contribution is 7.89. The summed E-state index contributed by atoms with van der Waals surface area (Å²) in [6.07, 6.45) is 1.72. The average molecular weight is 296 g/mol. The molecule has 6 heteroatoms. The highest BCUT2D eigenvalue weighted by Gasteiger charge is 2.35. The van der Waals surface area contributed by atoms with Crippen molar-refractivity contribution in [3.63, 3.8) is 0 Å². The van der Waals surface area contributed by atoms with Gasteiger partial charge in [-0.3, -0.25) is 0 Å². The van der Waals surface area contributed by atoms with Crippen molar-refractivity contribution < 1.29 is 12.8 Å². The molecular formula is C14H17FN2O2S. The number of nitriles is 1. The van der Waals surface area contributed by atoms with E-state index in [9.17, 15) is 12.8 Å². The number of piperidine rings is 1. The molecule has 0 atom stereocenters. The van der Waals surface area contributed by atoms with E-state index in [-0.39, 0.29) is 10.3 Å². The second kappa shape index (κ2) is 5.15. The molecule has 108 valence electrons. The van der Waals surface area contributed by atoms with E-state index in [4.69, 9.17) is 5.26 Å². The fourth-order valence-electron chi connectivity index (χ4n) is 2.54. The maximum atomic E-state index is 13.6. The van der Waals surface area contributed by atoms with Gasteiger partial charge in [-0.2, -0.15) is 9.57 Å². The molecule has 0 saturated carbocycles. The lowest BCUT2D eigenvalue weighted by Gasteiger charge is -2.37. The smallest absolute Gasteiger partial charge is 0.207 e. The van der Waals surface area contributed by atoms with Crippen molar-refractivity contribution in [3.05, 3.63) is 29.6 Å². The van der Waals surface area contributed by atoms with Gasteiger partial charge in [0.1, 0.15) is 22.3 Å². The van der Waals surface area contributed by atoms with Gasteiger partial charge >= 0.3 is 0 Å². The molecule has 0 aliphatic carbocycles. The van der Waals surface area contributed by atoms with Gasteiger partial charge in [-0.15, -0.1) is 0 Å². The van der Waals surface area contributed by atoms with Gasteiger partial charge in [0.05, 0.1) is 0 Å². The molecule has 0 aromatic heterocycles. The maximum absolute atomic E-state index is 13.6. The van der Waals surface area contributed by atoms with Crippen LogP contribution in [0.5, 0.6) is 0 Å². The second-order valence-corrected chi connectivity index (χ2v) is 7.74. The average Bonchev–Trinajstić information content (AvgIpc) is 2.37. The van der Waals surface area contributed by atoms with E-state index >= 15 is 0 Å². The molecule has 1 aliphatic rings. The minimum atomic E-state index is -3.83. The van der Waals surface area contributed by atoms with Gasteiger partial charge in [-0.05, 0) is 30.4 Å². The molecule has 0 radical (unpaired) electrons. The Morgan fingerprint density at radius 3 is 2.70 bits per heavy atom. The molecule has 1 fully saturated rings. The highest BCUT2D eigenvalue weighted by atomic mass is 32.2. The van der Waals surface area contributed by atoms with Crippen molar-refractivity contribution in [2.45, 2.75) is 31.6 Å². The van der Waals surface area contributed by atoms with E-state index in [0.29, 0.717) is 13.1 Å². The van der Waals surface area contributed by atoms with E-state index in [0.717, 1.165) is 18.9 Å². The lowest BCUT2D eigenvalue weighted by atomic mass is 9.85. The zero-order valence-electron chi connectivity index (χ0n) is 11.6. The summed E-state index contributed by atoms with van der Waals surface area (Å²) in [5, 5.41) is 8.99. The lowest BCUT2D eigenvalue weighted by Crippen LogP contribution is -2.43. The Labute approximate surface area is 118 Å². The molecule has 0 N–H and O–H groups in total. The van der Waals surface area contributed by atoms with Gasteiger partial charge < -0.3 is 0 Å². The predicted molar refractivity (Wildman–Crippen MR) is 72.9 cm³/mol. The molecular weight excluding hydrogens is 279 g/mol. The molecule has 1 aromatic carbocycles. The first-order valence-corrected chi connectivity index (χ1v) is 7.91. The lowest BCUT2D eigenvalue weighted by molar-refractivity contribution is 0.187. The topological polar surface area (TPSA) is 61.2 Å². The Hall–Kier alpha value is -1.45. The van der Waals surface area contributed by atoms with Crippen molar-refractivity contribution in [3.8, 4) is 6.07 Å². The van der Waals surface area contributed by atoms with Crippen LogP contribution in [0.15, 0.2) is 23.1 Å². The van der Waals surface area contributed by atoms with Crippen LogP contribution in [0, 0.1) is 22.6 Å². The van der Waals surface area contributed by atoms with Crippen molar-refractivity contribution in [1.29, 1.82) is 5.26 Å². The Balaban J connectivity index is 2.47. The first-order valence-electron chi connectivity index (χ1n) is 6.47. The number of benzene rings is 1. The third-order valence-electron chi connectivity index (χ3n) is 3.57. The van der Waals surface area contributed by atoms with Crippen LogP contribution in [0.1, 0.15) is 32.3 Å². The van der Waals surface area contributed by atoms with Crippen LogP contribution in [0.2, 0.25) is 0 Å². The monoisotopic (exact) mass is 296 g/mol. The summed E-state index contributed by atoms with van der Waals surface area (Å²) in [6, 6.07) is 5.35. The van der Waals surface area contributed by atoms with Gasteiger partial charge in [0.25, 0.3) is 0 Å². The van der Waals surface area contributed by atoms with E-state index in [1.165, 1.54) is 16.4 Å². The van der Waals surface area contributed by atoms with Crippen LogP contribution in [0.4, 0.5) is 4.39 Å². The first-order chi connectivity index (χ1) is 9.28. The summed E-state index contributed by atoms with van der Waals surface area (Å²) in [5.41, 5.74) is -0.512. The minimum absolute atomic E-state index is 0.106.